The molecule has 4 heteroatoms. The second-order valence-corrected chi connectivity index (χ2v) is 4.83. The molecule has 0 saturated carbocycles. The quantitative estimate of drug-likeness (QED) is 0.660. The van der Waals surface area contributed by atoms with Crippen molar-refractivity contribution in [2.24, 2.45) is 5.73 Å². The molecule has 0 fully saturated rings. The maximum Gasteiger partial charge on any atom is 0.270 e. The van der Waals surface area contributed by atoms with E-state index < -0.39 is 0 Å². The highest BCUT2D eigenvalue weighted by Crippen LogP contribution is 2.37. The fraction of sp³-hybridized carbons (Fsp3) is 0.200. The van der Waals surface area contributed by atoms with Crippen LogP contribution in [0, 0.1) is 10.1 Å². The monoisotopic (exact) mass is 254 g/mol. The van der Waals surface area contributed by atoms with Crippen molar-refractivity contribution in [2.45, 2.75) is 18.9 Å². The molecule has 4 nitrogen and oxygen atoms in total. The first-order chi connectivity index (χ1) is 9.16. The Labute approximate surface area is 111 Å². The Morgan fingerprint density at radius 2 is 2.00 bits per heavy atom. The third-order valence-corrected chi connectivity index (χ3v) is 3.69. The summed E-state index contributed by atoms with van der Waals surface area (Å²) in [6, 6.07) is 12.9. The number of benzene rings is 2. The number of hydrogen-bond acceptors (Lipinski definition) is 3. The van der Waals surface area contributed by atoms with Gasteiger partial charge in [-0.15, -0.1) is 0 Å². The fourth-order valence-electron chi connectivity index (χ4n) is 2.74. The molecule has 0 bridgehead atoms. The van der Waals surface area contributed by atoms with Crippen LogP contribution in [0.1, 0.15) is 23.6 Å². The molecule has 1 aliphatic rings. The summed E-state index contributed by atoms with van der Waals surface area (Å²) in [7, 11) is 0. The number of nitro benzene ring substituents is 1. The predicted molar refractivity (Wildman–Crippen MR) is 73.8 cm³/mol. The van der Waals surface area contributed by atoms with E-state index in [9.17, 15) is 10.1 Å². The zero-order valence-corrected chi connectivity index (χ0v) is 10.4. The molecule has 0 saturated heterocycles. The summed E-state index contributed by atoms with van der Waals surface area (Å²) in [5, 5.41) is 10.9. The Kier molecular flexibility index (Phi) is 2.80. The highest BCUT2D eigenvalue weighted by Gasteiger charge is 2.22. The SMILES string of the molecule is NC1CCc2c(-c3cccc([N+](=O)[O-])c3)cccc21. The first-order valence-corrected chi connectivity index (χ1v) is 6.29. The summed E-state index contributed by atoms with van der Waals surface area (Å²) in [4.78, 5) is 10.5. The van der Waals surface area contributed by atoms with Gasteiger partial charge in [0.15, 0.2) is 0 Å². The molecule has 0 aliphatic heterocycles. The van der Waals surface area contributed by atoms with Crippen molar-refractivity contribution in [1.82, 2.24) is 0 Å². The normalized spacial score (nSPS) is 17.2. The average Bonchev–Trinajstić information content (AvgIpc) is 2.81. The van der Waals surface area contributed by atoms with Gasteiger partial charge in [0.1, 0.15) is 0 Å². The Balaban J connectivity index is 2.13. The number of nitrogens with two attached hydrogens (primary N) is 1. The van der Waals surface area contributed by atoms with Crippen LogP contribution in [0.25, 0.3) is 11.1 Å². The van der Waals surface area contributed by atoms with E-state index in [-0.39, 0.29) is 16.7 Å². The smallest absolute Gasteiger partial charge is 0.270 e. The molecule has 0 heterocycles. The molecule has 19 heavy (non-hydrogen) atoms. The number of nitro groups is 1. The topological polar surface area (TPSA) is 69.2 Å². The number of nitrogens with zero attached hydrogens (tertiary/aromatic N) is 1. The highest BCUT2D eigenvalue weighted by molar-refractivity contribution is 5.71. The third kappa shape index (κ3) is 2.00. The molecule has 3 rings (SSSR count). The summed E-state index contributed by atoms with van der Waals surface area (Å²) in [5.41, 5.74) is 10.5. The number of rotatable bonds is 2. The lowest BCUT2D eigenvalue weighted by atomic mass is 9.96. The maximum absolute atomic E-state index is 10.9. The minimum atomic E-state index is -0.363. The van der Waals surface area contributed by atoms with Gasteiger partial charge >= 0.3 is 0 Å². The van der Waals surface area contributed by atoms with Crippen molar-refractivity contribution < 1.29 is 4.92 Å². The van der Waals surface area contributed by atoms with Crippen molar-refractivity contribution >= 4 is 5.69 Å². The van der Waals surface area contributed by atoms with Crippen LogP contribution in [0.5, 0.6) is 0 Å². The molecule has 0 radical (unpaired) electrons. The van der Waals surface area contributed by atoms with E-state index in [1.54, 1.807) is 12.1 Å². The van der Waals surface area contributed by atoms with Crippen LogP contribution in [0.4, 0.5) is 5.69 Å². The second kappa shape index (κ2) is 4.48. The Morgan fingerprint density at radius 3 is 2.79 bits per heavy atom. The number of hydrogen-bond donors (Lipinski definition) is 1. The third-order valence-electron chi connectivity index (χ3n) is 3.69. The van der Waals surface area contributed by atoms with E-state index in [4.69, 9.17) is 5.73 Å². The van der Waals surface area contributed by atoms with Crippen molar-refractivity contribution in [3.63, 3.8) is 0 Å². The molecule has 0 aromatic heterocycles. The Hall–Kier alpha value is -2.20. The Morgan fingerprint density at radius 1 is 1.21 bits per heavy atom. The van der Waals surface area contributed by atoms with E-state index in [0.29, 0.717) is 0 Å². The van der Waals surface area contributed by atoms with Gasteiger partial charge in [0, 0.05) is 18.2 Å². The fourth-order valence-corrected chi connectivity index (χ4v) is 2.74. The lowest BCUT2D eigenvalue weighted by Crippen LogP contribution is -2.04. The van der Waals surface area contributed by atoms with Crippen LogP contribution < -0.4 is 5.73 Å². The van der Waals surface area contributed by atoms with Crippen molar-refractivity contribution in [3.8, 4) is 11.1 Å². The van der Waals surface area contributed by atoms with Gasteiger partial charge in [0.05, 0.1) is 4.92 Å². The van der Waals surface area contributed by atoms with Crippen LogP contribution in [0.15, 0.2) is 42.5 Å². The first-order valence-electron chi connectivity index (χ1n) is 6.29. The van der Waals surface area contributed by atoms with Gasteiger partial charge in [0.25, 0.3) is 5.69 Å². The van der Waals surface area contributed by atoms with Crippen molar-refractivity contribution in [3.05, 3.63) is 63.7 Å². The van der Waals surface area contributed by atoms with Gasteiger partial charge in [-0.05, 0) is 35.1 Å². The molecule has 2 N–H and O–H groups in total. The molecule has 1 unspecified atom stereocenters. The molecule has 1 atom stereocenters. The van der Waals surface area contributed by atoms with Gasteiger partial charge in [-0.1, -0.05) is 30.3 Å². The van der Waals surface area contributed by atoms with Gasteiger partial charge in [0.2, 0.25) is 0 Å². The second-order valence-electron chi connectivity index (χ2n) is 4.83. The summed E-state index contributed by atoms with van der Waals surface area (Å²) in [6.45, 7) is 0. The lowest BCUT2D eigenvalue weighted by molar-refractivity contribution is -0.384. The zero-order valence-electron chi connectivity index (χ0n) is 10.4. The molecule has 2 aromatic carbocycles. The summed E-state index contributed by atoms with van der Waals surface area (Å²) < 4.78 is 0. The molecule has 2 aromatic rings. The van der Waals surface area contributed by atoms with E-state index >= 15 is 0 Å². The van der Waals surface area contributed by atoms with Crippen LogP contribution in [0.3, 0.4) is 0 Å². The van der Waals surface area contributed by atoms with Gasteiger partial charge in [-0.3, -0.25) is 10.1 Å². The largest absolute Gasteiger partial charge is 0.324 e. The molecule has 0 spiro atoms. The van der Waals surface area contributed by atoms with Gasteiger partial charge in [-0.2, -0.15) is 0 Å². The van der Waals surface area contributed by atoms with Gasteiger partial charge < -0.3 is 5.73 Å². The van der Waals surface area contributed by atoms with Crippen LogP contribution in [-0.4, -0.2) is 4.92 Å². The van der Waals surface area contributed by atoms with Crippen LogP contribution in [-0.2, 0) is 6.42 Å². The molecule has 96 valence electrons. The van der Waals surface area contributed by atoms with E-state index in [2.05, 4.69) is 0 Å². The minimum Gasteiger partial charge on any atom is -0.324 e. The number of fused-ring (bicyclic) bond motifs is 1. The predicted octanol–water partition coefficient (Wildman–Crippen LogP) is 3.21. The molecule has 1 aliphatic carbocycles. The van der Waals surface area contributed by atoms with E-state index in [1.807, 2.05) is 24.3 Å². The average molecular weight is 254 g/mol. The highest BCUT2D eigenvalue weighted by atomic mass is 16.6. The van der Waals surface area contributed by atoms with E-state index in [1.165, 1.54) is 17.2 Å². The maximum atomic E-state index is 10.9. The van der Waals surface area contributed by atoms with Crippen molar-refractivity contribution in [2.75, 3.05) is 0 Å². The van der Waals surface area contributed by atoms with Gasteiger partial charge in [-0.25, -0.2) is 0 Å². The Bertz CT molecular complexity index is 652. The summed E-state index contributed by atoms with van der Waals surface area (Å²) >= 11 is 0. The standard InChI is InChI=1S/C15H14N2O2/c16-15-8-7-13-12(5-2-6-14(13)15)10-3-1-4-11(9-10)17(18)19/h1-6,9,15H,7-8,16H2. The molecular formula is C15H14N2O2. The lowest BCUT2D eigenvalue weighted by Gasteiger charge is -2.09. The summed E-state index contributed by atoms with van der Waals surface area (Å²) in [6.07, 6.45) is 1.89. The zero-order chi connectivity index (χ0) is 13.4. The summed E-state index contributed by atoms with van der Waals surface area (Å²) in [5.74, 6) is 0. The minimum absolute atomic E-state index is 0.0913. The van der Waals surface area contributed by atoms with Crippen LogP contribution in [0.2, 0.25) is 0 Å². The molecule has 0 amide bonds. The first kappa shape index (κ1) is 11.9. The van der Waals surface area contributed by atoms with E-state index in [0.717, 1.165) is 24.0 Å². The van der Waals surface area contributed by atoms with Crippen LogP contribution >= 0.6 is 0 Å². The molecular weight excluding hydrogens is 240 g/mol. The number of non-ortho nitro benzene ring substituents is 1. The van der Waals surface area contributed by atoms with Crippen molar-refractivity contribution in [1.29, 1.82) is 0 Å².